The van der Waals surface area contributed by atoms with Crippen molar-refractivity contribution < 1.29 is 38.1 Å². The van der Waals surface area contributed by atoms with E-state index in [9.17, 15) is 14.9 Å². The van der Waals surface area contributed by atoms with Crippen molar-refractivity contribution in [2.75, 3.05) is 48.5 Å². The van der Waals surface area contributed by atoms with Gasteiger partial charge in [0.2, 0.25) is 5.75 Å². The first-order valence-electron chi connectivity index (χ1n) is 18.6. The third-order valence-corrected chi connectivity index (χ3v) is 11.1. The summed E-state index contributed by atoms with van der Waals surface area (Å²) < 4.78 is 37.4. The van der Waals surface area contributed by atoms with Crippen LogP contribution in [0.15, 0.2) is 84.9 Å². The molecule has 288 valence electrons. The molecule has 9 rings (SSSR count). The molecule has 6 bridgehead atoms. The van der Waals surface area contributed by atoms with Crippen molar-refractivity contribution in [3.63, 3.8) is 0 Å². The summed E-state index contributed by atoms with van der Waals surface area (Å²) >= 11 is 0. The summed E-state index contributed by atoms with van der Waals surface area (Å²) in [7, 11) is 9.17. The number of rotatable bonds is 6. The molecular formula is C44H43N3O9. The van der Waals surface area contributed by atoms with Gasteiger partial charge in [-0.2, -0.15) is 0 Å². The van der Waals surface area contributed by atoms with Crippen molar-refractivity contribution in [3.05, 3.63) is 134 Å². The highest BCUT2D eigenvalue weighted by molar-refractivity contribution is 5.91. The van der Waals surface area contributed by atoms with Crippen LogP contribution in [0.4, 0.5) is 5.69 Å². The molecule has 4 heterocycles. The van der Waals surface area contributed by atoms with Crippen LogP contribution in [0.5, 0.6) is 46.0 Å². The number of hydrogen-bond donors (Lipinski definition) is 0. The van der Waals surface area contributed by atoms with E-state index in [1.54, 1.807) is 27.4 Å². The molecule has 5 aromatic rings. The Morgan fingerprint density at radius 2 is 1.36 bits per heavy atom. The van der Waals surface area contributed by atoms with Crippen LogP contribution < -0.4 is 28.4 Å². The van der Waals surface area contributed by atoms with E-state index in [0.717, 1.165) is 54.6 Å². The smallest absolute Gasteiger partial charge is 0.343 e. The largest absolute Gasteiger partial charge is 0.493 e. The van der Waals surface area contributed by atoms with Crippen molar-refractivity contribution in [1.29, 1.82) is 0 Å². The molecular weight excluding hydrogens is 714 g/mol. The monoisotopic (exact) mass is 757 g/mol. The fraction of sp³-hybridized carbons (Fsp3) is 0.295. The zero-order valence-corrected chi connectivity index (χ0v) is 32.0. The number of carbonyl (C=O) groups excluding carboxylic acids is 1. The van der Waals surface area contributed by atoms with Crippen molar-refractivity contribution in [2.45, 2.75) is 37.8 Å². The molecule has 4 aliphatic heterocycles. The molecule has 0 radical (unpaired) electrons. The Balaban J connectivity index is 1.28. The highest BCUT2D eigenvalue weighted by Crippen LogP contribution is 2.52. The number of benzene rings is 5. The molecule has 0 aliphatic carbocycles. The quantitative estimate of drug-likeness (QED) is 0.0720. The average molecular weight is 758 g/mol. The number of nitrogens with zero attached hydrogens (tertiary/aromatic N) is 3. The van der Waals surface area contributed by atoms with Gasteiger partial charge >= 0.3 is 5.97 Å². The van der Waals surface area contributed by atoms with Crippen molar-refractivity contribution in [2.24, 2.45) is 0 Å². The van der Waals surface area contributed by atoms with Crippen LogP contribution in [0.3, 0.4) is 0 Å². The second-order valence-electron chi connectivity index (χ2n) is 14.4. The predicted octanol–water partition coefficient (Wildman–Crippen LogP) is 8.28. The van der Waals surface area contributed by atoms with Gasteiger partial charge in [-0.05, 0) is 122 Å². The number of fused-ring (bicyclic) bond motifs is 2. The van der Waals surface area contributed by atoms with Crippen molar-refractivity contribution in [1.82, 2.24) is 9.80 Å². The van der Waals surface area contributed by atoms with Gasteiger partial charge in [0.25, 0.3) is 5.69 Å². The normalized spacial score (nSPS) is 17.7. The number of esters is 1. The molecule has 5 aromatic carbocycles. The molecule has 0 aromatic heterocycles. The lowest BCUT2D eigenvalue weighted by atomic mass is 9.87. The van der Waals surface area contributed by atoms with Crippen molar-refractivity contribution in [3.8, 4) is 46.0 Å². The van der Waals surface area contributed by atoms with Gasteiger partial charge in [-0.15, -0.1) is 0 Å². The second-order valence-corrected chi connectivity index (χ2v) is 14.4. The molecule has 0 spiro atoms. The van der Waals surface area contributed by atoms with Crippen molar-refractivity contribution >= 4 is 11.7 Å². The third kappa shape index (κ3) is 6.97. The Morgan fingerprint density at radius 1 is 0.714 bits per heavy atom. The fourth-order valence-corrected chi connectivity index (χ4v) is 8.07. The highest BCUT2D eigenvalue weighted by atomic mass is 16.6. The van der Waals surface area contributed by atoms with Gasteiger partial charge < -0.3 is 28.4 Å². The Labute approximate surface area is 325 Å². The van der Waals surface area contributed by atoms with E-state index in [1.807, 2.05) is 30.3 Å². The highest BCUT2D eigenvalue weighted by Gasteiger charge is 2.35. The summed E-state index contributed by atoms with van der Waals surface area (Å²) in [6, 6.07) is 25.0. The van der Waals surface area contributed by atoms with E-state index in [4.69, 9.17) is 28.4 Å². The van der Waals surface area contributed by atoms with Gasteiger partial charge in [-0.25, -0.2) is 4.79 Å². The first-order valence-corrected chi connectivity index (χ1v) is 18.6. The summed E-state index contributed by atoms with van der Waals surface area (Å²) in [6.45, 7) is 1.69. The second kappa shape index (κ2) is 15.2. The Morgan fingerprint density at radius 3 is 2.05 bits per heavy atom. The summed E-state index contributed by atoms with van der Waals surface area (Å²) in [6.07, 6.45) is 2.95. The maximum absolute atomic E-state index is 13.3. The maximum atomic E-state index is 13.3. The molecule has 4 aliphatic rings. The van der Waals surface area contributed by atoms with Crippen LogP contribution in [0.25, 0.3) is 0 Å². The number of non-ortho nitro benzene ring substituents is 1. The molecule has 56 heavy (non-hydrogen) atoms. The van der Waals surface area contributed by atoms with Gasteiger partial charge in [0, 0.05) is 42.9 Å². The molecule has 0 saturated carbocycles. The summed E-state index contributed by atoms with van der Waals surface area (Å²) in [5, 5.41) is 11.2. The number of likely N-dealkylation sites (N-methyl/N-ethyl adjacent to an activating group) is 2. The van der Waals surface area contributed by atoms with E-state index >= 15 is 0 Å². The molecule has 12 heteroatoms. The van der Waals surface area contributed by atoms with Crippen LogP contribution in [0.1, 0.15) is 55.8 Å². The number of ether oxygens (including phenoxy) is 6. The molecule has 0 N–H and O–H groups in total. The first-order chi connectivity index (χ1) is 27.1. The number of carbonyl (C=O) groups is 1. The minimum atomic E-state index is -0.666. The Bertz CT molecular complexity index is 2310. The van der Waals surface area contributed by atoms with E-state index in [2.05, 4.69) is 48.2 Å². The predicted molar refractivity (Wildman–Crippen MR) is 209 cm³/mol. The number of nitro groups is 1. The molecule has 0 fully saturated rings. The Kier molecular flexibility index (Phi) is 10.0. The van der Waals surface area contributed by atoms with Gasteiger partial charge in [0.05, 0.1) is 31.8 Å². The zero-order chi connectivity index (χ0) is 39.1. The summed E-state index contributed by atoms with van der Waals surface area (Å²) in [4.78, 5) is 28.7. The topological polar surface area (TPSA) is 122 Å². The van der Waals surface area contributed by atoms with Crippen LogP contribution in [0, 0.1) is 10.1 Å². The third-order valence-electron chi connectivity index (χ3n) is 11.1. The van der Waals surface area contributed by atoms with Crippen LogP contribution >= 0.6 is 0 Å². The molecule has 2 atom stereocenters. The standard InChI is InChI=1S/C44H43N3O9/c1-45-18-16-29-23-37(51-3)39-25-33(29)34(45)20-26-6-13-32(14-7-26)54-38-22-27(8-15-36(38)56-44(48)28-9-11-31(12-10-28)47(49)50)21-35-41-30(17-19-46(35)2)24-40(52-4)42(53-5)43(41)55-39/h6-15,22-25,34-35H,16-21H2,1-5H3/t34-,35+/m1/s1. The maximum Gasteiger partial charge on any atom is 0.343 e. The van der Waals surface area contributed by atoms with E-state index in [1.165, 1.54) is 35.4 Å². The molecule has 0 unspecified atom stereocenters. The van der Waals surface area contributed by atoms with Crippen LogP contribution in [0.2, 0.25) is 0 Å². The Hall–Kier alpha value is -6.11. The molecule has 12 nitrogen and oxygen atoms in total. The molecule has 0 amide bonds. The summed E-state index contributed by atoms with van der Waals surface area (Å²) in [5.74, 6) is 3.36. The molecule has 0 saturated heterocycles. The zero-order valence-electron chi connectivity index (χ0n) is 32.0. The van der Waals surface area contributed by atoms with E-state index in [0.29, 0.717) is 46.7 Å². The van der Waals surface area contributed by atoms with Gasteiger partial charge in [0.1, 0.15) is 5.75 Å². The van der Waals surface area contributed by atoms with Gasteiger partial charge in [-0.3, -0.25) is 19.9 Å². The van der Waals surface area contributed by atoms with Crippen LogP contribution in [-0.2, 0) is 25.7 Å². The lowest BCUT2D eigenvalue weighted by Gasteiger charge is -2.37. The number of nitro benzene ring substituents is 1. The van der Waals surface area contributed by atoms with Gasteiger partial charge in [-0.1, -0.05) is 18.2 Å². The minimum absolute atomic E-state index is 0.0692. The fourth-order valence-electron chi connectivity index (χ4n) is 8.07. The van der Waals surface area contributed by atoms with Gasteiger partial charge in [0.15, 0.2) is 34.5 Å². The number of methoxy groups -OCH3 is 3. The average Bonchev–Trinajstić information content (AvgIpc) is 3.20. The summed E-state index contributed by atoms with van der Waals surface area (Å²) in [5.41, 5.74) is 6.57. The first kappa shape index (κ1) is 36.8. The SMILES string of the molecule is COc1cc2c3cc1Oc1c(OC)c(OC)cc4c1[C@H](Cc1ccc(OC(=O)c5ccc([N+](=O)[O-])cc5)c(c1)Oc1ccc(cc1)C[C@H]3N(C)CC2)N(C)CC4. The van der Waals surface area contributed by atoms with Crippen LogP contribution in [-0.4, -0.2) is 69.2 Å². The lowest BCUT2D eigenvalue weighted by molar-refractivity contribution is -0.384. The number of hydrogen-bond acceptors (Lipinski definition) is 11. The van der Waals surface area contributed by atoms with E-state index < -0.39 is 10.9 Å². The lowest BCUT2D eigenvalue weighted by Crippen LogP contribution is -2.34. The van der Waals surface area contributed by atoms with E-state index in [-0.39, 0.29) is 29.1 Å². The minimum Gasteiger partial charge on any atom is -0.493 e.